The molecule has 3 rings (SSSR count). The van der Waals surface area contributed by atoms with Crippen molar-refractivity contribution in [1.82, 2.24) is 0 Å². The molecule has 0 saturated carbocycles. The summed E-state index contributed by atoms with van der Waals surface area (Å²) in [5.41, 5.74) is 2.15. The van der Waals surface area contributed by atoms with Gasteiger partial charge in [0.1, 0.15) is 23.2 Å². The third kappa shape index (κ3) is 3.27. The molecule has 0 radical (unpaired) electrons. The molecule has 0 N–H and O–H groups in total. The number of hydrogen-bond donors (Lipinski definition) is 0. The Hall–Kier alpha value is -2.14. The number of carbonyl (C=O) groups excluding carboxylic acids is 1. The van der Waals surface area contributed by atoms with E-state index in [1.54, 1.807) is 6.92 Å². The Morgan fingerprint density at radius 1 is 1.27 bits per heavy atom. The van der Waals surface area contributed by atoms with Crippen LogP contribution in [0.5, 0.6) is 5.95 Å². The molecular formula is C25H34O5. The summed E-state index contributed by atoms with van der Waals surface area (Å²) in [4.78, 5) is 25.2. The highest BCUT2D eigenvalue weighted by molar-refractivity contribution is 5.82. The highest BCUT2D eigenvalue weighted by Gasteiger charge is 2.66. The van der Waals surface area contributed by atoms with Crippen molar-refractivity contribution in [2.24, 2.45) is 11.8 Å². The predicted molar refractivity (Wildman–Crippen MR) is 117 cm³/mol. The molecule has 30 heavy (non-hydrogen) atoms. The van der Waals surface area contributed by atoms with Gasteiger partial charge < -0.3 is 13.9 Å². The number of methoxy groups -OCH3 is 1. The number of fused-ring (bicyclic) bond motifs is 1. The highest BCUT2D eigenvalue weighted by Crippen LogP contribution is 2.60. The van der Waals surface area contributed by atoms with Crippen molar-refractivity contribution in [3.8, 4) is 5.95 Å². The Morgan fingerprint density at radius 2 is 1.90 bits per heavy atom. The second-order valence-electron chi connectivity index (χ2n) is 9.31. The minimum absolute atomic E-state index is 0.0375. The largest absolute Gasteiger partial charge is 0.468 e. The average Bonchev–Trinajstić information content (AvgIpc) is 3.37. The van der Waals surface area contributed by atoms with Crippen molar-refractivity contribution < 1.29 is 18.7 Å². The first kappa shape index (κ1) is 22.5. The highest BCUT2D eigenvalue weighted by atomic mass is 16.6. The van der Waals surface area contributed by atoms with E-state index < -0.39 is 11.0 Å². The van der Waals surface area contributed by atoms with Crippen molar-refractivity contribution in [1.29, 1.82) is 0 Å². The number of ether oxygens (including phenoxy) is 2. The van der Waals surface area contributed by atoms with E-state index in [9.17, 15) is 9.59 Å². The monoisotopic (exact) mass is 414 g/mol. The predicted octanol–water partition coefficient (Wildman–Crippen LogP) is 4.82. The Morgan fingerprint density at radius 3 is 2.47 bits per heavy atom. The molecule has 2 aliphatic rings. The van der Waals surface area contributed by atoms with Crippen LogP contribution in [0, 0.1) is 25.7 Å². The molecule has 0 spiro atoms. The zero-order valence-corrected chi connectivity index (χ0v) is 19.6. The van der Waals surface area contributed by atoms with E-state index in [1.807, 2.05) is 26.8 Å². The van der Waals surface area contributed by atoms with Crippen LogP contribution in [0.15, 0.2) is 32.5 Å². The maximum Gasteiger partial charge on any atom is 0.291 e. The van der Waals surface area contributed by atoms with Crippen molar-refractivity contribution in [3.63, 3.8) is 0 Å². The zero-order chi connectivity index (χ0) is 22.6. The van der Waals surface area contributed by atoms with Crippen LogP contribution in [0.4, 0.5) is 0 Å². The third-order valence-electron chi connectivity index (χ3n) is 6.97. The van der Waals surface area contributed by atoms with Crippen LogP contribution in [0.2, 0.25) is 0 Å². The lowest BCUT2D eigenvalue weighted by Crippen LogP contribution is -2.45. The van der Waals surface area contributed by atoms with Crippen molar-refractivity contribution in [3.05, 3.63) is 50.4 Å². The molecule has 1 aliphatic carbocycles. The SMILES string of the molecule is CCC(=O)C(C)C=C(C)C1C(C)(c2oc(OC)c(C)c(=O)c2C)C=C(C)C2OC21C. The molecule has 5 unspecified atom stereocenters. The summed E-state index contributed by atoms with van der Waals surface area (Å²) >= 11 is 0. The van der Waals surface area contributed by atoms with Crippen LogP contribution in [-0.4, -0.2) is 24.6 Å². The second-order valence-corrected chi connectivity index (χ2v) is 9.31. The molecule has 2 heterocycles. The summed E-state index contributed by atoms with van der Waals surface area (Å²) in [6.07, 6.45) is 4.76. The van der Waals surface area contributed by atoms with Gasteiger partial charge in [0.05, 0.1) is 18.1 Å². The molecule has 1 aromatic heterocycles. The lowest BCUT2D eigenvalue weighted by Gasteiger charge is -2.42. The van der Waals surface area contributed by atoms with Gasteiger partial charge >= 0.3 is 0 Å². The second kappa shape index (κ2) is 7.52. The fourth-order valence-corrected chi connectivity index (χ4v) is 5.67. The van der Waals surface area contributed by atoms with Gasteiger partial charge in [-0.25, -0.2) is 0 Å². The Bertz CT molecular complexity index is 998. The van der Waals surface area contributed by atoms with Crippen molar-refractivity contribution >= 4 is 5.78 Å². The smallest absolute Gasteiger partial charge is 0.291 e. The zero-order valence-electron chi connectivity index (χ0n) is 19.6. The molecule has 1 aliphatic heterocycles. The number of Topliss-reactive ketones (excluding diaryl/α,β-unsaturated/α-hetero) is 1. The first-order valence-electron chi connectivity index (χ1n) is 10.7. The maximum absolute atomic E-state index is 12.9. The van der Waals surface area contributed by atoms with Gasteiger partial charge in [0.15, 0.2) is 5.43 Å². The number of allylic oxidation sites excluding steroid dienone is 2. The molecular weight excluding hydrogens is 380 g/mol. The Labute approximate surface area is 179 Å². The molecule has 1 saturated heterocycles. The minimum Gasteiger partial charge on any atom is -0.468 e. The first-order valence-corrected chi connectivity index (χ1v) is 10.7. The van der Waals surface area contributed by atoms with Crippen LogP contribution >= 0.6 is 0 Å². The van der Waals surface area contributed by atoms with E-state index in [0.717, 1.165) is 11.1 Å². The molecule has 0 aromatic carbocycles. The molecule has 0 amide bonds. The van der Waals surface area contributed by atoms with Crippen LogP contribution < -0.4 is 10.2 Å². The average molecular weight is 415 g/mol. The van der Waals surface area contributed by atoms with Crippen molar-refractivity contribution in [2.45, 2.75) is 78.9 Å². The van der Waals surface area contributed by atoms with Gasteiger partial charge in [0.25, 0.3) is 5.95 Å². The van der Waals surface area contributed by atoms with Gasteiger partial charge in [-0.15, -0.1) is 0 Å². The summed E-state index contributed by atoms with van der Waals surface area (Å²) in [5.74, 6) is 0.785. The van der Waals surface area contributed by atoms with Crippen molar-refractivity contribution in [2.75, 3.05) is 7.11 Å². The standard InChI is InChI=1S/C25H34O5/c1-10-18(26)13(2)11-14(3)20-24(7,12-15(4)21-25(20,8)30-21)22-16(5)19(27)17(6)23(28-9)29-22/h11-13,20-21H,10H2,1-9H3. The Kier molecular flexibility index (Phi) is 5.65. The summed E-state index contributed by atoms with van der Waals surface area (Å²) in [7, 11) is 1.51. The van der Waals surface area contributed by atoms with E-state index in [0.29, 0.717) is 23.3 Å². The molecule has 5 nitrogen and oxygen atoms in total. The van der Waals surface area contributed by atoms with Crippen LogP contribution in [0.25, 0.3) is 0 Å². The topological polar surface area (TPSA) is 69.0 Å². The van der Waals surface area contributed by atoms with E-state index in [1.165, 1.54) is 7.11 Å². The van der Waals surface area contributed by atoms with Gasteiger partial charge in [-0.2, -0.15) is 0 Å². The molecule has 5 atom stereocenters. The number of hydrogen-bond acceptors (Lipinski definition) is 5. The summed E-state index contributed by atoms with van der Waals surface area (Å²) in [6, 6.07) is 0. The van der Waals surface area contributed by atoms with Crippen LogP contribution in [0.3, 0.4) is 0 Å². The maximum atomic E-state index is 12.9. The molecule has 1 fully saturated rings. The lowest BCUT2D eigenvalue weighted by atomic mass is 9.60. The first-order chi connectivity index (χ1) is 13.9. The molecule has 164 valence electrons. The van der Waals surface area contributed by atoms with Gasteiger partial charge in [-0.1, -0.05) is 31.6 Å². The molecule has 5 heteroatoms. The molecule has 0 bridgehead atoms. The molecule has 1 aromatic rings. The summed E-state index contributed by atoms with van der Waals surface area (Å²) < 4.78 is 17.8. The fraction of sp³-hybridized carbons (Fsp3) is 0.600. The van der Waals surface area contributed by atoms with E-state index in [2.05, 4.69) is 33.8 Å². The number of rotatable bonds is 6. The van der Waals surface area contributed by atoms with Crippen LogP contribution in [-0.2, 0) is 14.9 Å². The van der Waals surface area contributed by atoms with Crippen LogP contribution in [0.1, 0.15) is 64.9 Å². The fourth-order valence-electron chi connectivity index (χ4n) is 5.67. The van der Waals surface area contributed by atoms with Gasteiger partial charge in [0.2, 0.25) is 0 Å². The van der Waals surface area contributed by atoms with E-state index in [-0.39, 0.29) is 35.1 Å². The number of epoxide rings is 1. The van der Waals surface area contributed by atoms with Gasteiger partial charge in [-0.05, 0) is 47.1 Å². The van der Waals surface area contributed by atoms with Gasteiger partial charge in [0, 0.05) is 23.8 Å². The normalized spacial score (nSPS) is 31.6. The minimum atomic E-state index is -0.619. The summed E-state index contributed by atoms with van der Waals surface area (Å²) in [6.45, 7) is 15.7. The lowest BCUT2D eigenvalue weighted by molar-refractivity contribution is -0.120. The number of ketones is 1. The number of carbonyl (C=O) groups is 1. The van der Waals surface area contributed by atoms with Gasteiger partial charge in [-0.3, -0.25) is 9.59 Å². The van der Waals surface area contributed by atoms with E-state index >= 15 is 0 Å². The Balaban J connectivity index is 2.24. The van der Waals surface area contributed by atoms with E-state index in [4.69, 9.17) is 13.9 Å². The third-order valence-corrected chi connectivity index (χ3v) is 6.97. The summed E-state index contributed by atoms with van der Waals surface area (Å²) in [5, 5.41) is 0. The quantitative estimate of drug-likeness (QED) is 0.493.